The van der Waals surface area contributed by atoms with E-state index >= 15 is 0 Å². The molecule has 55 heavy (non-hydrogen) atoms. The third-order valence-corrected chi connectivity index (χ3v) is 10.6. The first kappa shape index (κ1) is 39.5. The fourth-order valence-electron chi connectivity index (χ4n) is 7.00. The molecule has 7 nitrogen and oxygen atoms in total. The number of hydrogen-bond acceptors (Lipinski definition) is 5. The van der Waals surface area contributed by atoms with Gasteiger partial charge in [-0.2, -0.15) is 0 Å². The summed E-state index contributed by atoms with van der Waals surface area (Å²) in [6, 6.07) is 37.3. The van der Waals surface area contributed by atoms with Crippen LogP contribution in [-0.2, 0) is 22.4 Å². The molecule has 280 valence electrons. The van der Waals surface area contributed by atoms with Crippen molar-refractivity contribution in [2.45, 2.75) is 37.5 Å². The van der Waals surface area contributed by atoms with Gasteiger partial charge in [-0.3, -0.25) is 9.59 Å². The van der Waals surface area contributed by atoms with E-state index in [1.54, 1.807) is 48.5 Å². The summed E-state index contributed by atoms with van der Waals surface area (Å²) < 4.78 is 0. The number of aliphatic carboxylic acids is 2. The molecule has 0 saturated heterocycles. The molecule has 0 spiro atoms. The SMILES string of the molecule is Nc1c(Nc2ccc(CCC(=O)O)c(C(c3ccc(Cl)cc3)c3ccc(Cl)cc3)c2N)ccc(CCC(=O)O)c1C(c1ccc(Cl)cc1)c1ccc(Cl)cc1. The molecule has 0 bridgehead atoms. The minimum absolute atomic E-state index is 0.0991. The van der Waals surface area contributed by atoms with Crippen LogP contribution in [0, 0.1) is 0 Å². The molecule has 0 atom stereocenters. The van der Waals surface area contributed by atoms with Gasteiger partial charge >= 0.3 is 11.9 Å². The van der Waals surface area contributed by atoms with Crippen molar-refractivity contribution < 1.29 is 19.8 Å². The molecular weight excluding hydrogens is 776 g/mol. The minimum atomic E-state index is -0.930. The van der Waals surface area contributed by atoms with Gasteiger partial charge in [0, 0.05) is 44.8 Å². The van der Waals surface area contributed by atoms with E-state index in [4.69, 9.17) is 57.9 Å². The van der Waals surface area contributed by atoms with Gasteiger partial charge in [0.05, 0.1) is 22.7 Å². The van der Waals surface area contributed by atoms with Crippen molar-refractivity contribution in [1.82, 2.24) is 0 Å². The van der Waals surface area contributed by atoms with Gasteiger partial charge in [-0.15, -0.1) is 0 Å². The molecule has 0 aliphatic rings. The van der Waals surface area contributed by atoms with Crippen molar-refractivity contribution in [3.05, 3.63) is 186 Å². The van der Waals surface area contributed by atoms with Crippen molar-refractivity contribution in [1.29, 1.82) is 0 Å². The van der Waals surface area contributed by atoms with E-state index in [-0.39, 0.29) is 25.7 Å². The van der Waals surface area contributed by atoms with E-state index in [0.29, 0.717) is 42.8 Å². The topological polar surface area (TPSA) is 139 Å². The van der Waals surface area contributed by atoms with Gasteiger partial charge in [0.2, 0.25) is 0 Å². The normalized spacial score (nSPS) is 11.2. The Hall–Kier alpha value is -5.18. The molecule has 0 aromatic heterocycles. The van der Waals surface area contributed by atoms with Gasteiger partial charge in [0.25, 0.3) is 0 Å². The smallest absolute Gasteiger partial charge is 0.303 e. The molecule has 0 amide bonds. The number of nitrogens with two attached hydrogens (primary N) is 2. The van der Waals surface area contributed by atoms with Crippen molar-refractivity contribution in [3.63, 3.8) is 0 Å². The highest BCUT2D eigenvalue weighted by molar-refractivity contribution is 6.31. The zero-order valence-corrected chi connectivity index (χ0v) is 32.4. The molecule has 0 saturated carbocycles. The second-order valence-corrected chi connectivity index (χ2v) is 14.9. The number of rotatable bonds is 14. The lowest BCUT2D eigenvalue weighted by atomic mass is 9.80. The van der Waals surface area contributed by atoms with Gasteiger partial charge < -0.3 is 27.0 Å². The summed E-state index contributed by atoms with van der Waals surface area (Å²) in [4.78, 5) is 23.6. The van der Waals surface area contributed by atoms with Crippen LogP contribution in [0.15, 0.2) is 121 Å². The summed E-state index contributed by atoms with van der Waals surface area (Å²) in [5, 5.41) is 25.1. The number of aryl methyl sites for hydroxylation is 2. The van der Waals surface area contributed by atoms with Gasteiger partial charge in [-0.1, -0.05) is 107 Å². The Morgan fingerprint density at radius 1 is 0.473 bits per heavy atom. The average molecular weight is 814 g/mol. The predicted octanol–water partition coefficient (Wildman–Crippen LogP) is 11.6. The Morgan fingerprint density at radius 3 is 1.00 bits per heavy atom. The van der Waals surface area contributed by atoms with Crippen LogP contribution in [-0.4, -0.2) is 22.2 Å². The summed E-state index contributed by atoms with van der Waals surface area (Å²) in [6.45, 7) is 0. The molecule has 0 fully saturated rings. The second kappa shape index (κ2) is 17.5. The Kier molecular flexibility index (Phi) is 12.6. The maximum atomic E-state index is 11.8. The summed E-state index contributed by atoms with van der Waals surface area (Å²) in [5.74, 6) is -2.68. The van der Waals surface area contributed by atoms with Gasteiger partial charge in [-0.25, -0.2) is 0 Å². The fourth-order valence-corrected chi connectivity index (χ4v) is 7.50. The van der Waals surface area contributed by atoms with Crippen LogP contribution in [0.1, 0.15) is 69.2 Å². The highest BCUT2D eigenvalue weighted by Gasteiger charge is 2.27. The van der Waals surface area contributed by atoms with Gasteiger partial charge in [0.1, 0.15) is 0 Å². The number of carbonyl (C=O) groups is 2. The summed E-state index contributed by atoms with van der Waals surface area (Å²) in [6.07, 6.45) is 0.276. The molecule has 0 aliphatic carbocycles. The first-order chi connectivity index (χ1) is 26.4. The van der Waals surface area contributed by atoms with E-state index in [0.717, 1.165) is 44.5 Å². The first-order valence-corrected chi connectivity index (χ1v) is 19.0. The van der Waals surface area contributed by atoms with Gasteiger partial charge in [0.15, 0.2) is 0 Å². The monoisotopic (exact) mass is 811 g/mol. The standard InChI is InChI=1S/C44H37Cl4N3O4/c45-31-13-1-25(2-14-31)39(26-3-15-32(46)16-4-26)41-29(11-23-37(52)53)9-21-35(43(41)49)51-36-22-10-30(12-24-38(54)55)42(44(36)50)40(27-5-17-33(47)18-6-27)28-7-19-34(48)20-8-28/h1-10,13-22,39-40,51H,11-12,23-24,49-50H2,(H,52,53)(H,54,55). The molecular formula is C44H37Cl4N3O4. The summed E-state index contributed by atoms with van der Waals surface area (Å²) in [5.41, 5.74) is 22.8. The van der Waals surface area contributed by atoms with Crippen molar-refractivity contribution in [3.8, 4) is 0 Å². The lowest BCUT2D eigenvalue weighted by molar-refractivity contribution is -0.138. The third kappa shape index (κ3) is 9.38. The lowest BCUT2D eigenvalue weighted by Gasteiger charge is -2.27. The number of nitrogens with one attached hydrogen (secondary N) is 1. The predicted molar refractivity (Wildman–Crippen MR) is 225 cm³/mol. The summed E-state index contributed by atoms with van der Waals surface area (Å²) in [7, 11) is 0. The van der Waals surface area contributed by atoms with Crippen LogP contribution in [0.5, 0.6) is 0 Å². The minimum Gasteiger partial charge on any atom is -0.481 e. The van der Waals surface area contributed by atoms with Crippen LogP contribution < -0.4 is 16.8 Å². The Morgan fingerprint density at radius 2 is 0.745 bits per heavy atom. The van der Waals surface area contributed by atoms with Crippen LogP contribution in [0.3, 0.4) is 0 Å². The largest absolute Gasteiger partial charge is 0.481 e. The number of hydrogen-bond donors (Lipinski definition) is 5. The van der Waals surface area contributed by atoms with Crippen LogP contribution in [0.4, 0.5) is 22.7 Å². The van der Waals surface area contributed by atoms with Gasteiger partial charge in [-0.05, 0) is 118 Å². The summed E-state index contributed by atoms with van der Waals surface area (Å²) >= 11 is 25.2. The van der Waals surface area contributed by atoms with E-state index in [2.05, 4.69) is 5.32 Å². The van der Waals surface area contributed by atoms with Crippen LogP contribution >= 0.6 is 46.4 Å². The first-order valence-electron chi connectivity index (χ1n) is 17.4. The molecule has 6 aromatic rings. The average Bonchev–Trinajstić information content (AvgIpc) is 3.16. The zero-order chi connectivity index (χ0) is 39.2. The fraction of sp³-hybridized carbons (Fsp3) is 0.136. The van der Waals surface area contributed by atoms with Crippen molar-refractivity contribution in [2.24, 2.45) is 0 Å². The Bertz CT molecular complexity index is 2060. The highest BCUT2D eigenvalue weighted by atomic mass is 35.5. The Labute approximate surface area is 339 Å². The Balaban J connectivity index is 1.54. The van der Waals surface area contributed by atoms with Crippen LogP contribution in [0.25, 0.3) is 0 Å². The van der Waals surface area contributed by atoms with E-state index in [9.17, 15) is 19.8 Å². The molecule has 6 rings (SSSR count). The molecule has 0 unspecified atom stereocenters. The lowest BCUT2D eigenvalue weighted by Crippen LogP contribution is -2.14. The highest BCUT2D eigenvalue weighted by Crippen LogP contribution is 2.45. The van der Waals surface area contributed by atoms with Crippen molar-refractivity contribution in [2.75, 3.05) is 16.8 Å². The molecule has 7 N–H and O–H groups in total. The number of carboxylic acids is 2. The zero-order valence-electron chi connectivity index (χ0n) is 29.4. The van der Waals surface area contributed by atoms with Crippen LogP contribution in [0.2, 0.25) is 20.1 Å². The quantitative estimate of drug-likeness (QED) is 0.0545. The van der Waals surface area contributed by atoms with Crippen molar-refractivity contribution >= 4 is 81.1 Å². The second-order valence-electron chi connectivity index (χ2n) is 13.2. The molecule has 11 heteroatoms. The molecule has 0 heterocycles. The molecule has 0 aliphatic heterocycles. The van der Waals surface area contributed by atoms with E-state index < -0.39 is 23.8 Å². The third-order valence-electron chi connectivity index (χ3n) is 9.63. The number of halogens is 4. The molecule has 6 aromatic carbocycles. The molecule has 0 radical (unpaired) electrons. The maximum absolute atomic E-state index is 11.8. The van der Waals surface area contributed by atoms with E-state index in [1.807, 2.05) is 72.8 Å². The number of anilines is 4. The number of nitrogen functional groups attached to an aromatic ring is 2. The van der Waals surface area contributed by atoms with E-state index in [1.165, 1.54) is 0 Å². The number of carboxylic acid groups (broad SMARTS) is 2. The number of benzene rings is 6. The maximum Gasteiger partial charge on any atom is 0.303 e.